The first-order valence-corrected chi connectivity index (χ1v) is 16.6. The maximum atomic E-state index is 13.6. The van der Waals surface area contributed by atoms with E-state index in [1.165, 1.54) is 23.9 Å². The van der Waals surface area contributed by atoms with Gasteiger partial charge in [-0.1, -0.05) is 91.0 Å². The van der Waals surface area contributed by atoms with Crippen molar-refractivity contribution in [3.63, 3.8) is 0 Å². The molecular formula is C36H40N4O7S. The Balaban J connectivity index is 1.50. The quantitative estimate of drug-likeness (QED) is 0.0940. The fourth-order valence-corrected chi connectivity index (χ4v) is 6.72. The van der Waals surface area contributed by atoms with Crippen molar-refractivity contribution in [3.05, 3.63) is 120 Å². The van der Waals surface area contributed by atoms with Gasteiger partial charge in [-0.15, -0.1) is 11.8 Å². The van der Waals surface area contributed by atoms with Gasteiger partial charge in [-0.25, -0.2) is 0 Å². The zero-order valence-electron chi connectivity index (χ0n) is 26.5. The summed E-state index contributed by atoms with van der Waals surface area (Å²) in [5.41, 5.74) is 8.10. The number of rotatable bonds is 20. The van der Waals surface area contributed by atoms with E-state index < -0.39 is 40.3 Å². The van der Waals surface area contributed by atoms with Crippen LogP contribution in [0.25, 0.3) is 0 Å². The fraction of sp³-hybridized carbons (Fsp3) is 0.306. The van der Waals surface area contributed by atoms with Crippen LogP contribution in [0.1, 0.15) is 29.5 Å². The summed E-state index contributed by atoms with van der Waals surface area (Å²) in [5, 5.41) is 5.69. The molecule has 0 bridgehead atoms. The fourth-order valence-electron chi connectivity index (χ4n) is 5.16. The molecule has 1 aliphatic heterocycles. The Morgan fingerprint density at radius 1 is 0.729 bits per heavy atom. The Bertz CT molecular complexity index is 1440. The second kappa shape index (κ2) is 18.5. The molecule has 11 nitrogen and oxygen atoms in total. The van der Waals surface area contributed by atoms with Crippen molar-refractivity contribution in [2.24, 2.45) is 5.73 Å². The molecule has 48 heavy (non-hydrogen) atoms. The Hall–Kier alpha value is -4.78. The largest absolute Gasteiger partial charge is 0.379 e. The van der Waals surface area contributed by atoms with Gasteiger partial charge in [0.2, 0.25) is 17.7 Å². The number of primary amides is 1. The number of carbonyl (C=O) groups excluding carboxylic acids is 5. The standard InChI is InChI=1S/C36H40N4O7S/c37-31(41)19-22-46-24-25-47-23-20-38-35(45)30(39-32(42)18-21-40-33(43)16-17-34(40)44)26-48-36(27-10-4-1-5-11-27,28-12-6-2-7-13-28)29-14-8-3-9-15-29/h1-17,30H,18-26H2,(H2,37,41)(H,38,45)(H,39,42). The summed E-state index contributed by atoms with van der Waals surface area (Å²) in [4.78, 5) is 62.6. The minimum absolute atomic E-state index is 0.102. The third-order valence-electron chi connectivity index (χ3n) is 7.53. The van der Waals surface area contributed by atoms with E-state index in [0.717, 1.165) is 21.6 Å². The molecule has 3 aromatic carbocycles. The van der Waals surface area contributed by atoms with Gasteiger partial charge in [0.15, 0.2) is 0 Å². The zero-order valence-corrected chi connectivity index (χ0v) is 27.4. The van der Waals surface area contributed by atoms with Crippen molar-refractivity contribution in [1.29, 1.82) is 0 Å². The minimum atomic E-state index is -0.960. The van der Waals surface area contributed by atoms with Crippen molar-refractivity contribution in [2.45, 2.75) is 23.6 Å². The number of nitrogens with one attached hydrogen (secondary N) is 2. The first kappa shape index (κ1) is 36.1. The highest BCUT2D eigenvalue weighted by Gasteiger charge is 2.38. The molecule has 1 heterocycles. The molecule has 12 heteroatoms. The lowest BCUT2D eigenvalue weighted by Crippen LogP contribution is -2.50. The lowest BCUT2D eigenvalue weighted by molar-refractivity contribution is -0.137. The number of imide groups is 1. The maximum Gasteiger partial charge on any atom is 0.253 e. The summed E-state index contributed by atoms with van der Waals surface area (Å²) in [7, 11) is 0. The van der Waals surface area contributed by atoms with Crippen molar-refractivity contribution < 1.29 is 33.4 Å². The van der Waals surface area contributed by atoms with E-state index in [1.54, 1.807) is 0 Å². The topological polar surface area (TPSA) is 157 Å². The molecular weight excluding hydrogens is 632 g/mol. The van der Waals surface area contributed by atoms with E-state index in [-0.39, 0.29) is 58.1 Å². The first-order chi connectivity index (χ1) is 23.3. The average molecular weight is 673 g/mol. The molecule has 1 aliphatic rings. The molecule has 0 fully saturated rings. The van der Waals surface area contributed by atoms with Gasteiger partial charge in [0.25, 0.3) is 11.8 Å². The van der Waals surface area contributed by atoms with Gasteiger partial charge in [0.05, 0.1) is 31.2 Å². The Morgan fingerprint density at radius 2 is 1.23 bits per heavy atom. The summed E-state index contributed by atoms with van der Waals surface area (Å²) in [6, 6.07) is 29.0. The first-order valence-electron chi connectivity index (χ1n) is 15.7. The number of nitrogens with zero attached hydrogens (tertiary/aromatic N) is 1. The number of thioether (sulfide) groups is 1. The molecule has 0 spiro atoms. The van der Waals surface area contributed by atoms with Gasteiger partial charge in [-0.2, -0.15) is 0 Å². The molecule has 5 amide bonds. The van der Waals surface area contributed by atoms with Crippen LogP contribution >= 0.6 is 11.8 Å². The van der Waals surface area contributed by atoms with Crippen LogP contribution in [0.15, 0.2) is 103 Å². The van der Waals surface area contributed by atoms with E-state index in [4.69, 9.17) is 15.2 Å². The Kier molecular flexibility index (Phi) is 13.9. The van der Waals surface area contributed by atoms with Gasteiger partial charge in [0.1, 0.15) is 6.04 Å². The molecule has 0 aromatic heterocycles. The maximum absolute atomic E-state index is 13.6. The van der Waals surface area contributed by atoms with E-state index in [2.05, 4.69) is 10.6 Å². The third kappa shape index (κ3) is 10.1. The Labute approximate surface area is 284 Å². The SMILES string of the molecule is NC(=O)CCOCCOCCNC(=O)C(CSC(c1ccccc1)(c1ccccc1)c1ccccc1)NC(=O)CCN1C(=O)C=CC1=O. The van der Waals surface area contributed by atoms with E-state index >= 15 is 0 Å². The predicted octanol–water partition coefficient (Wildman–Crippen LogP) is 2.54. The molecule has 1 unspecified atom stereocenters. The molecule has 4 rings (SSSR count). The second-order valence-electron chi connectivity index (χ2n) is 10.9. The highest BCUT2D eigenvalue weighted by molar-refractivity contribution is 8.00. The smallest absolute Gasteiger partial charge is 0.253 e. The molecule has 0 aliphatic carbocycles. The van der Waals surface area contributed by atoms with Crippen LogP contribution in [0.4, 0.5) is 0 Å². The summed E-state index contributed by atoms with van der Waals surface area (Å²) in [6.07, 6.45) is 2.30. The number of benzene rings is 3. The average Bonchev–Trinajstić information content (AvgIpc) is 3.43. The molecule has 0 saturated heterocycles. The number of nitrogens with two attached hydrogens (primary N) is 1. The number of hydrogen-bond donors (Lipinski definition) is 3. The van der Waals surface area contributed by atoms with Crippen LogP contribution in [-0.2, 0) is 38.2 Å². The lowest BCUT2D eigenvalue weighted by Gasteiger charge is -2.36. The van der Waals surface area contributed by atoms with Crippen molar-refractivity contribution >= 4 is 41.3 Å². The zero-order chi connectivity index (χ0) is 34.2. The summed E-state index contributed by atoms with van der Waals surface area (Å²) in [5.74, 6) is -2.09. The van der Waals surface area contributed by atoms with Crippen molar-refractivity contribution in [1.82, 2.24) is 15.5 Å². The Morgan fingerprint density at radius 3 is 1.73 bits per heavy atom. The highest BCUT2D eigenvalue weighted by Crippen LogP contribution is 2.48. The number of hydrogen-bond acceptors (Lipinski definition) is 8. The van der Waals surface area contributed by atoms with E-state index in [0.29, 0.717) is 0 Å². The molecule has 0 radical (unpaired) electrons. The van der Waals surface area contributed by atoms with E-state index in [1.807, 2.05) is 91.0 Å². The van der Waals surface area contributed by atoms with Crippen LogP contribution in [0.3, 0.4) is 0 Å². The van der Waals surface area contributed by atoms with Crippen LogP contribution in [0, 0.1) is 0 Å². The van der Waals surface area contributed by atoms with Crippen LogP contribution in [0.2, 0.25) is 0 Å². The normalized spacial score (nSPS) is 13.4. The van der Waals surface area contributed by atoms with E-state index in [9.17, 15) is 24.0 Å². The van der Waals surface area contributed by atoms with Gasteiger partial charge in [0, 0.05) is 43.8 Å². The van der Waals surface area contributed by atoms with Crippen LogP contribution < -0.4 is 16.4 Å². The van der Waals surface area contributed by atoms with Gasteiger partial charge in [-0.05, 0) is 16.7 Å². The van der Waals surface area contributed by atoms with Gasteiger partial charge >= 0.3 is 0 Å². The highest BCUT2D eigenvalue weighted by atomic mass is 32.2. The van der Waals surface area contributed by atoms with Gasteiger partial charge < -0.3 is 25.8 Å². The lowest BCUT2D eigenvalue weighted by atomic mass is 9.84. The summed E-state index contributed by atoms with van der Waals surface area (Å²) < 4.78 is 10.1. The van der Waals surface area contributed by atoms with Crippen molar-refractivity contribution in [3.8, 4) is 0 Å². The number of carbonyl (C=O) groups is 5. The second-order valence-corrected chi connectivity index (χ2v) is 12.1. The summed E-state index contributed by atoms with van der Waals surface area (Å²) >= 11 is 1.52. The molecule has 252 valence electrons. The number of ether oxygens (including phenoxy) is 2. The minimum Gasteiger partial charge on any atom is -0.379 e. The number of amides is 5. The molecule has 4 N–H and O–H groups in total. The van der Waals surface area contributed by atoms with Crippen molar-refractivity contribution in [2.75, 3.05) is 45.3 Å². The van der Waals surface area contributed by atoms with Gasteiger partial charge in [-0.3, -0.25) is 28.9 Å². The summed E-state index contributed by atoms with van der Waals surface area (Å²) in [6.45, 7) is 1.03. The molecule has 0 saturated carbocycles. The molecule has 1 atom stereocenters. The van der Waals surface area contributed by atoms with Crippen LogP contribution in [-0.4, -0.2) is 85.7 Å². The monoisotopic (exact) mass is 672 g/mol. The van der Waals surface area contributed by atoms with Crippen LogP contribution in [0.5, 0.6) is 0 Å². The molecule has 3 aromatic rings. The third-order valence-corrected chi connectivity index (χ3v) is 9.17. The predicted molar refractivity (Wildman–Crippen MR) is 183 cm³/mol.